The van der Waals surface area contributed by atoms with Crippen LogP contribution in [0.5, 0.6) is 0 Å². The molecule has 0 heterocycles. The van der Waals surface area contributed by atoms with E-state index in [2.05, 4.69) is 15.9 Å². The van der Waals surface area contributed by atoms with Crippen LogP contribution in [0.3, 0.4) is 0 Å². The highest BCUT2D eigenvalue weighted by Gasteiger charge is 2.07. The first-order chi connectivity index (χ1) is 7.11. The molecule has 1 aromatic carbocycles. The van der Waals surface area contributed by atoms with E-state index in [0.29, 0.717) is 5.75 Å². The summed E-state index contributed by atoms with van der Waals surface area (Å²) in [6, 6.07) is 7.84. The Morgan fingerprint density at radius 2 is 2.13 bits per heavy atom. The van der Waals surface area contributed by atoms with Gasteiger partial charge in [-0.15, -0.1) is 0 Å². The number of halogens is 1. The molecule has 1 aromatic rings. The Labute approximate surface area is 102 Å². The van der Waals surface area contributed by atoms with E-state index in [0.717, 1.165) is 22.2 Å². The van der Waals surface area contributed by atoms with E-state index in [-0.39, 0.29) is 6.04 Å². The standard InChI is InChI=1S/C11H16BrNOS/c1-9(13)5-4-8-15(14)11-7-3-2-6-10(11)12/h2-3,6-7,9H,4-5,8,13H2,1H3. The van der Waals surface area contributed by atoms with Crippen LogP contribution < -0.4 is 5.73 Å². The molecule has 2 nitrogen and oxygen atoms in total. The van der Waals surface area contributed by atoms with Crippen molar-refractivity contribution in [3.8, 4) is 0 Å². The Kier molecular flexibility index (Phi) is 5.50. The van der Waals surface area contributed by atoms with Crippen LogP contribution in [0.15, 0.2) is 33.6 Å². The average molecular weight is 290 g/mol. The Hall–Kier alpha value is -0.190. The third-order valence-corrected chi connectivity index (χ3v) is 4.53. The minimum absolute atomic E-state index is 0.196. The van der Waals surface area contributed by atoms with Gasteiger partial charge < -0.3 is 5.73 Å². The van der Waals surface area contributed by atoms with Gasteiger partial charge in [0.1, 0.15) is 0 Å². The second-order valence-corrected chi connectivity index (χ2v) is 5.99. The maximum absolute atomic E-state index is 11.9. The van der Waals surface area contributed by atoms with E-state index in [1.165, 1.54) is 0 Å². The molecule has 84 valence electrons. The molecule has 0 aromatic heterocycles. The second-order valence-electron chi connectivity index (χ2n) is 3.60. The van der Waals surface area contributed by atoms with Gasteiger partial charge >= 0.3 is 0 Å². The summed E-state index contributed by atoms with van der Waals surface area (Å²) in [6.07, 6.45) is 1.84. The van der Waals surface area contributed by atoms with Crippen LogP contribution in [-0.4, -0.2) is 16.0 Å². The fourth-order valence-electron chi connectivity index (χ4n) is 1.28. The molecule has 0 fully saturated rings. The predicted molar refractivity (Wildman–Crippen MR) is 68.3 cm³/mol. The van der Waals surface area contributed by atoms with Gasteiger partial charge in [-0.05, 0) is 47.8 Å². The third kappa shape index (κ3) is 4.45. The normalized spacial score (nSPS) is 14.9. The van der Waals surface area contributed by atoms with E-state index in [9.17, 15) is 4.21 Å². The topological polar surface area (TPSA) is 43.1 Å². The minimum Gasteiger partial charge on any atom is -0.328 e. The molecule has 2 N–H and O–H groups in total. The SMILES string of the molecule is CC(N)CCCS(=O)c1ccccc1Br. The van der Waals surface area contributed by atoms with Crippen molar-refractivity contribution < 1.29 is 4.21 Å². The van der Waals surface area contributed by atoms with Gasteiger partial charge in [0.25, 0.3) is 0 Å². The smallest absolute Gasteiger partial charge is 0.0541 e. The lowest BCUT2D eigenvalue weighted by molar-refractivity contribution is 0.643. The van der Waals surface area contributed by atoms with E-state index in [1.807, 2.05) is 31.2 Å². The largest absolute Gasteiger partial charge is 0.328 e. The highest BCUT2D eigenvalue weighted by Crippen LogP contribution is 2.20. The molecule has 0 aliphatic heterocycles. The number of nitrogens with two attached hydrogens (primary N) is 1. The van der Waals surface area contributed by atoms with Gasteiger partial charge in [0.2, 0.25) is 0 Å². The lowest BCUT2D eigenvalue weighted by atomic mass is 10.2. The Balaban J connectivity index is 2.51. The summed E-state index contributed by atoms with van der Waals surface area (Å²) in [4.78, 5) is 0.877. The van der Waals surface area contributed by atoms with Crippen molar-refractivity contribution in [1.82, 2.24) is 0 Å². The van der Waals surface area contributed by atoms with Gasteiger partial charge in [-0.25, -0.2) is 0 Å². The van der Waals surface area contributed by atoms with Gasteiger partial charge in [-0.2, -0.15) is 0 Å². The van der Waals surface area contributed by atoms with Crippen LogP contribution in [0, 0.1) is 0 Å². The Morgan fingerprint density at radius 3 is 2.73 bits per heavy atom. The van der Waals surface area contributed by atoms with Crippen molar-refractivity contribution in [2.45, 2.75) is 30.7 Å². The first-order valence-corrected chi connectivity index (χ1v) is 7.11. The highest BCUT2D eigenvalue weighted by atomic mass is 79.9. The van der Waals surface area contributed by atoms with Crippen LogP contribution in [0.1, 0.15) is 19.8 Å². The quantitative estimate of drug-likeness (QED) is 0.906. The molecular formula is C11H16BrNOS. The molecule has 0 saturated carbocycles. The summed E-state index contributed by atoms with van der Waals surface area (Å²) in [5.74, 6) is 0.685. The molecule has 2 unspecified atom stereocenters. The average Bonchev–Trinajstić information content (AvgIpc) is 2.17. The monoisotopic (exact) mass is 289 g/mol. The van der Waals surface area contributed by atoms with Crippen LogP contribution in [0.2, 0.25) is 0 Å². The van der Waals surface area contributed by atoms with Crippen molar-refractivity contribution in [2.24, 2.45) is 5.73 Å². The molecule has 2 atom stereocenters. The molecule has 0 spiro atoms. The van der Waals surface area contributed by atoms with E-state index in [1.54, 1.807) is 0 Å². The lowest BCUT2D eigenvalue weighted by Gasteiger charge is -2.06. The number of hydrogen-bond donors (Lipinski definition) is 1. The highest BCUT2D eigenvalue weighted by molar-refractivity contribution is 9.10. The molecule has 4 heteroatoms. The molecule has 15 heavy (non-hydrogen) atoms. The molecule has 0 saturated heterocycles. The third-order valence-electron chi connectivity index (χ3n) is 2.07. The van der Waals surface area contributed by atoms with Crippen LogP contribution in [0.25, 0.3) is 0 Å². The first kappa shape index (κ1) is 12.9. The van der Waals surface area contributed by atoms with Gasteiger partial charge in [0.05, 0.1) is 15.7 Å². The Morgan fingerprint density at radius 1 is 1.47 bits per heavy atom. The molecule has 0 aliphatic rings. The number of benzene rings is 1. The van der Waals surface area contributed by atoms with E-state index < -0.39 is 10.8 Å². The van der Waals surface area contributed by atoms with Gasteiger partial charge in [0.15, 0.2) is 0 Å². The number of hydrogen-bond acceptors (Lipinski definition) is 2. The summed E-state index contributed by atoms with van der Waals surface area (Å²) >= 11 is 3.40. The summed E-state index contributed by atoms with van der Waals surface area (Å²) in [6.45, 7) is 1.97. The van der Waals surface area contributed by atoms with Crippen molar-refractivity contribution in [2.75, 3.05) is 5.75 Å². The van der Waals surface area contributed by atoms with Crippen molar-refractivity contribution in [3.63, 3.8) is 0 Å². The Bertz CT molecular complexity index is 341. The summed E-state index contributed by atoms with van der Waals surface area (Å²) in [7, 11) is -0.914. The molecular weight excluding hydrogens is 274 g/mol. The second kappa shape index (κ2) is 6.40. The van der Waals surface area contributed by atoms with Gasteiger partial charge in [-0.1, -0.05) is 12.1 Å². The molecule has 0 radical (unpaired) electrons. The van der Waals surface area contributed by atoms with Gasteiger partial charge in [-0.3, -0.25) is 4.21 Å². The van der Waals surface area contributed by atoms with E-state index in [4.69, 9.17) is 5.73 Å². The number of rotatable bonds is 5. The van der Waals surface area contributed by atoms with E-state index >= 15 is 0 Å². The van der Waals surface area contributed by atoms with Gasteiger partial charge in [0, 0.05) is 16.3 Å². The summed E-state index contributed by atoms with van der Waals surface area (Å²) in [5.41, 5.74) is 5.64. The van der Waals surface area contributed by atoms with Crippen LogP contribution in [0.4, 0.5) is 0 Å². The molecule has 0 amide bonds. The first-order valence-electron chi connectivity index (χ1n) is 4.99. The maximum Gasteiger partial charge on any atom is 0.0541 e. The van der Waals surface area contributed by atoms with Crippen LogP contribution >= 0.6 is 15.9 Å². The zero-order valence-electron chi connectivity index (χ0n) is 8.78. The van der Waals surface area contributed by atoms with Crippen molar-refractivity contribution >= 4 is 26.7 Å². The van der Waals surface area contributed by atoms with Crippen molar-refractivity contribution in [3.05, 3.63) is 28.7 Å². The summed E-state index contributed by atoms with van der Waals surface area (Å²) in [5, 5.41) is 0. The fourth-order valence-corrected chi connectivity index (χ4v) is 3.27. The predicted octanol–water partition coefficient (Wildman–Crippen LogP) is 2.68. The minimum atomic E-state index is -0.914. The molecule has 0 aliphatic carbocycles. The fraction of sp³-hybridized carbons (Fsp3) is 0.455. The summed E-state index contributed by atoms with van der Waals surface area (Å²) < 4.78 is 12.8. The lowest BCUT2D eigenvalue weighted by Crippen LogP contribution is -2.15. The molecule has 0 bridgehead atoms. The zero-order valence-corrected chi connectivity index (χ0v) is 11.2. The van der Waals surface area contributed by atoms with Crippen LogP contribution in [-0.2, 0) is 10.8 Å². The van der Waals surface area contributed by atoms with Crippen molar-refractivity contribution in [1.29, 1.82) is 0 Å². The maximum atomic E-state index is 11.9. The molecule has 1 rings (SSSR count). The zero-order chi connectivity index (χ0) is 11.3.